The number of aryl methyl sites for hydroxylation is 1. The van der Waals surface area contributed by atoms with Crippen molar-refractivity contribution in [2.45, 2.75) is 34.1 Å². The average molecular weight is 343 g/mol. The van der Waals surface area contributed by atoms with Crippen molar-refractivity contribution < 1.29 is 24.2 Å². The fourth-order valence-corrected chi connectivity index (χ4v) is 1.29. The maximum absolute atomic E-state index is 13.3. The summed E-state index contributed by atoms with van der Waals surface area (Å²) in [7, 11) is 3.88. The highest BCUT2D eigenvalue weighted by Gasteiger charge is 2.16. The van der Waals surface area contributed by atoms with Crippen LogP contribution in [0.4, 0.5) is 4.39 Å². The van der Waals surface area contributed by atoms with Gasteiger partial charge in [0.1, 0.15) is 12.2 Å². The topological polar surface area (TPSA) is 78.1 Å². The number of ketones is 1. The van der Waals surface area contributed by atoms with E-state index in [-0.39, 0.29) is 17.6 Å². The highest BCUT2D eigenvalue weighted by atomic mass is 19.1. The zero-order valence-corrected chi connectivity index (χ0v) is 15.5. The first-order valence-corrected chi connectivity index (χ1v) is 7.55. The Hall–Kier alpha value is -2.21. The molecule has 0 bridgehead atoms. The lowest BCUT2D eigenvalue weighted by Gasteiger charge is -2.03. The van der Waals surface area contributed by atoms with Gasteiger partial charge in [-0.05, 0) is 32.2 Å². The number of hydrogen-bond acceptors (Lipinski definition) is 4. The first kappa shape index (κ1) is 26.7. The number of esters is 1. The number of carbonyl (C=O) groups excluding carboxylic acids is 2. The van der Waals surface area contributed by atoms with Gasteiger partial charge in [-0.25, -0.2) is 4.39 Å². The van der Waals surface area contributed by atoms with Gasteiger partial charge in [0.2, 0.25) is 0 Å². The summed E-state index contributed by atoms with van der Waals surface area (Å²) in [6.45, 7) is 11.1. The summed E-state index contributed by atoms with van der Waals surface area (Å²) < 4.78 is 17.9. The Bertz CT molecular complexity index is 502. The molecule has 0 amide bonds. The average Bonchev–Trinajstić information content (AvgIpc) is 2.52. The van der Waals surface area contributed by atoms with Crippen LogP contribution in [0.1, 0.15) is 43.1 Å². The molecule has 0 heterocycles. The lowest BCUT2D eigenvalue weighted by Crippen LogP contribution is -2.12. The smallest absolute Gasteiger partial charge is 0.313 e. The third kappa shape index (κ3) is 12.3. The fraction of sp³-hybridized carbons (Fsp3) is 0.444. The standard InChI is InChI=1S/C12H13FO3.C4H9N.C2H6.H2O/c1-3-16-12(15)7-11(14)9-6-8(2)4-5-10(9)13;1-4-5(2)3;1-2;/h4-6H,3,7H2,1-2H3;4H,1H2,2-3H3;1-2H3;1H2. The van der Waals surface area contributed by atoms with Gasteiger partial charge in [-0.15, -0.1) is 0 Å². The minimum Gasteiger partial charge on any atom is -0.466 e. The SMILES string of the molecule is C=CN(C)C.CC.CCOC(=O)CC(=O)c1cc(C)ccc1F.O. The highest BCUT2D eigenvalue weighted by molar-refractivity contribution is 6.06. The van der Waals surface area contributed by atoms with Crippen molar-refractivity contribution in [1.82, 2.24) is 4.90 Å². The molecule has 138 valence electrons. The van der Waals surface area contributed by atoms with E-state index < -0.39 is 24.0 Å². The van der Waals surface area contributed by atoms with E-state index in [0.29, 0.717) is 0 Å². The highest BCUT2D eigenvalue weighted by Crippen LogP contribution is 2.12. The predicted octanol–water partition coefficient (Wildman–Crippen LogP) is 3.16. The second kappa shape index (κ2) is 15.7. The summed E-state index contributed by atoms with van der Waals surface area (Å²) >= 11 is 0. The van der Waals surface area contributed by atoms with Crippen molar-refractivity contribution in [2.24, 2.45) is 0 Å². The van der Waals surface area contributed by atoms with Crippen molar-refractivity contribution >= 4 is 11.8 Å². The summed E-state index contributed by atoms with van der Waals surface area (Å²) in [5.41, 5.74) is 0.710. The maximum atomic E-state index is 13.3. The van der Waals surface area contributed by atoms with E-state index >= 15 is 0 Å². The molecule has 5 nitrogen and oxygen atoms in total. The molecule has 1 aromatic carbocycles. The minimum atomic E-state index is -0.631. The monoisotopic (exact) mass is 343 g/mol. The Kier molecular flexibility index (Phi) is 17.4. The van der Waals surface area contributed by atoms with Crippen LogP contribution in [-0.2, 0) is 9.53 Å². The van der Waals surface area contributed by atoms with Gasteiger partial charge in [0.05, 0.1) is 12.2 Å². The molecule has 0 aromatic heterocycles. The molecular formula is C18H30FNO4. The van der Waals surface area contributed by atoms with Gasteiger partial charge in [-0.1, -0.05) is 32.1 Å². The molecule has 0 saturated heterocycles. The summed E-state index contributed by atoms with van der Waals surface area (Å²) in [6.07, 6.45) is 1.33. The van der Waals surface area contributed by atoms with E-state index in [1.54, 1.807) is 26.1 Å². The Labute approximate surface area is 144 Å². The van der Waals surface area contributed by atoms with Crippen molar-refractivity contribution in [3.05, 3.63) is 47.9 Å². The maximum Gasteiger partial charge on any atom is 0.313 e. The van der Waals surface area contributed by atoms with E-state index in [2.05, 4.69) is 11.3 Å². The molecule has 0 atom stereocenters. The zero-order chi connectivity index (χ0) is 18.4. The number of Topliss-reactive ketones (excluding diaryl/α,β-unsaturated/α-hetero) is 1. The predicted molar refractivity (Wildman–Crippen MR) is 95.6 cm³/mol. The number of benzene rings is 1. The molecule has 1 rings (SSSR count). The van der Waals surface area contributed by atoms with Gasteiger partial charge < -0.3 is 15.1 Å². The van der Waals surface area contributed by atoms with Crippen molar-refractivity contribution in [2.75, 3.05) is 20.7 Å². The fourth-order valence-electron chi connectivity index (χ4n) is 1.29. The number of ether oxygens (including phenoxy) is 1. The molecule has 24 heavy (non-hydrogen) atoms. The van der Waals surface area contributed by atoms with Crippen molar-refractivity contribution in [3.8, 4) is 0 Å². The van der Waals surface area contributed by atoms with Crippen LogP contribution in [0, 0.1) is 12.7 Å². The second-order valence-electron chi connectivity index (χ2n) is 4.53. The van der Waals surface area contributed by atoms with Gasteiger partial charge in [-0.2, -0.15) is 0 Å². The largest absolute Gasteiger partial charge is 0.466 e. The van der Waals surface area contributed by atoms with Gasteiger partial charge in [0, 0.05) is 14.1 Å². The Morgan fingerprint density at radius 1 is 1.29 bits per heavy atom. The summed E-state index contributed by atoms with van der Waals surface area (Å²) in [5.74, 6) is -1.80. The van der Waals surface area contributed by atoms with Crippen LogP contribution in [0.15, 0.2) is 31.0 Å². The van der Waals surface area contributed by atoms with E-state index in [4.69, 9.17) is 0 Å². The first-order valence-electron chi connectivity index (χ1n) is 7.55. The molecule has 0 unspecified atom stereocenters. The normalized spacial score (nSPS) is 8.29. The Balaban J connectivity index is -0.000000474. The van der Waals surface area contributed by atoms with Crippen LogP contribution < -0.4 is 0 Å². The molecule has 0 aliphatic rings. The molecule has 6 heteroatoms. The summed E-state index contributed by atoms with van der Waals surface area (Å²) in [4.78, 5) is 24.5. The number of rotatable bonds is 5. The van der Waals surface area contributed by atoms with Gasteiger partial charge in [0.15, 0.2) is 5.78 Å². The van der Waals surface area contributed by atoms with Crippen LogP contribution in [0.25, 0.3) is 0 Å². The van der Waals surface area contributed by atoms with Crippen LogP contribution in [-0.4, -0.2) is 42.8 Å². The number of carbonyl (C=O) groups is 2. The van der Waals surface area contributed by atoms with Crippen LogP contribution in [0.3, 0.4) is 0 Å². The lowest BCUT2D eigenvalue weighted by atomic mass is 10.1. The molecule has 0 radical (unpaired) electrons. The lowest BCUT2D eigenvalue weighted by molar-refractivity contribution is -0.141. The zero-order valence-electron chi connectivity index (χ0n) is 15.5. The quantitative estimate of drug-likeness (QED) is 0.467. The van der Waals surface area contributed by atoms with Crippen LogP contribution in [0.5, 0.6) is 0 Å². The van der Waals surface area contributed by atoms with E-state index in [1.165, 1.54) is 12.1 Å². The molecule has 2 N–H and O–H groups in total. The minimum absolute atomic E-state index is 0. The summed E-state index contributed by atoms with van der Waals surface area (Å²) in [5, 5.41) is 0. The van der Waals surface area contributed by atoms with E-state index in [9.17, 15) is 14.0 Å². The molecule has 0 aliphatic carbocycles. The summed E-state index contributed by atoms with van der Waals surface area (Å²) in [6, 6.07) is 4.21. The molecule has 1 aromatic rings. The number of hydrogen-bond donors (Lipinski definition) is 0. The Morgan fingerprint density at radius 2 is 1.79 bits per heavy atom. The van der Waals surface area contributed by atoms with E-state index in [1.807, 2.05) is 32.8 Å². The molecule has 0 spiro atoms. The van der Waals surface area contributed by atoms with Crippen LogP contribution >= 0.6 is 0 Å². The molecule has 0 saturated carbocycles. The Morgan fingerprint density at radius 3 is 2.21 bits per heavy atom. The van der Waals surface area contributed by atoms with E-state index in [0.717, 1.165) is 5.56 Å². The van der Waals surface area contributed by atoms with Gasteiger partial charge >= 0.3 is 5.97 Å². The van der Waals surface area contributed by atoms with Crippen molar-refractivity contribution in [1.29, 1.82) is 0 Å². The van der Waals surface area contributed by atoms with Gasteiger partial charge in [0.25, 0.3) is 0 Å². The van der Waals surface area contributed by atoms with Crippen LogP contribution in [0.2, 0.25) is 0 Å². The number of halogens is 1. The van der Waals surface area contributed by atoms with Gasteiger partial charge in [-0.3, -0.25) is 9.59 Å². The molecule has 0 aliphatic heterocycles. The molecule has 0 fully saturated rings. The molecular weight excluding hydrogens is 313 g/mol. The third-order valence-corrected chi connectivity index (χ3v) is 2.40. The second-order valence-corrected chi connectivity index (χ2v) is 4.53. The first-order chi connectivity index (χ1) is 10.8. The third-order valence-electron chi connectivity index (χ3n) is 2.40. The van der Waals surface area contributed by atoms with Crippen molar-refractivity contribution in [3.63, 3.8) is 0 Å². The number of nitrogens with zero attached hydrogens (tertiary/aromatic N) is 1.